The van der Waals surface area contributed by atoms with Crippen molar-refractivity contribution < 1.29 is 28.6 Å². The Kier molecular flexibility index (Phi) is 58.2. The third kappa shape index (κ3) is 58.0. The highest BCUT2D eigenvalue weighted by atomic mass is 16.6. The van der Waals surface area contributed by atoms with E-state index in [0.717, 1.165) is 96.3 Å². The molecule has 0 aliphatic carbocycles. The Morgan fingerprint density at radius 1 is 0.278 bits per heavy atom. The second-order valence-corrected chi connectivity index (χ2v) is 21.0. The van der Waals surface area contributed by atoms with E-state index in [4.69, 9.17) is 14.2 Å². The number of carbonyl (C=O) groups is 3. The maximum atomic E-state index is 12.9. The zero-order chi connectivity index (χ0) is 52.2. The van der Waals surface area contributed by atoms with Crippen LogP contribution in [0.25, 0.3) is 0 Å². The normalized spacial score (nSPS) is 12.4. The molecule has 0 aromatic rings. The molecule has 0 aliphatic heterocycles. The third-order valence-corrected chi connectivity index (χ3v) is 13.7. The highest BCUT2D eigenvalue weighted by Crippen LogP contribution is 2.16. The Balaban J connectivity index is 4.24. The van der Waals surface area contributed by atoms with E-state index >= 15 is 0 Å². The fourth-order valence-electron chi connectivity index (χ4n) is 9.00. The molecule has 0 aromatic heterocycles. The summed E-state index contributed by atoms with van der Waals surface area (Å²) in [6.45, 7) is 6.61. The number of ether oxygens (including phenoxy) is 3. The van der Waals surface area contributed by atoms with Gasteiger partial charge in [0.2, 0.25) is 0 Å². The van der Waals surface area contributed by atoms with Crippen molar-refractivity contribution in [3.05, 3.63) is 60.8 Å². The van der Waals surface area contributed by atoms with E-state index in [2.05, 4.69) is 81.5 Å². The minimum Gasteiger partial charge on any atom is -0.462 e. The van der Waals surface area contributed by atoms with Gasteiger partial charge < -0.3 is 14.2 Å². The smallest absolute Gasteiger partial charge is 0.306 e. The van der Waals surface area contributed by atoms with Gasteiger partial charge in [0.25, 0.3) is 0 Å². The molecule has 0 spiro atoms. The molecule has 0 saturated carbocycles. The average molecular weight is 1010 g/mol. The maximum Gasteiger partial charge on any atom is 0.306 e. The van der Waals surface area contributed by atoms with Crippen LogP contribution in [0.2, 0.25) is 0 Å². The second-order valence-electron chi connectivity index (χ2n) is 21.0. The van der Waals surface area contributed by atoms with Crippen LogP contribution in [0, 0.1) is 0 Å². The molecule has 0 aromatic carbocycles. The van der Waals surface area contributed by atoms with Crippen LogP contribution in [0.5, 0.6) is 0 Å². The molecule has 72 heavy (non-hydrogen) atoms. The van der Waals surface area contributed by atoms with E-state index in [9.17, 15) is 14.4 Å². The highest BCUT2D eigenvalue weighted by Gasteiger charge is 2.19. The molecular weight excluding hydrogens is 889 g/mol. The number of rotatable bonds is 57. The van der Waals surface area contributed by atoms with Crippen LogP contribution in [0.4, 0.5) is 0 Å². The lowest BCUT2D eigenvalue weighted by molar-refractivity contribution is -0.167. The molecule has 0 radical (unpaired) electrons. The van der Waals surface area contributed by atoms with Gasteiger partial charge in [0.15, 0.2) is 6.10 Å². The first-order valence-corrected chi connectivity index (χ1v) is 31.3. The van der Waals surface area contributed by atoms with Gasteiger partial charge in [-0.05, 0) is 83.5 Å². The third-order valence-electron chi connectivity index (χ3n) is 13.7. The topological polar surface area (TPSA) is 78.9 Å². The van der Waals surface area contributed by atoms with Crippen molar-refractivity contribution >= 4 is 17.9 Å². The largest absolute Gasteiger partial charge is 0.462 e. The average Bonchev–Trinajstić information content (AvgIpc) is 3.38. The molecule has 0 saturated heterocycles. The zero-order valence-electron chi connectivity index (χ0n) is 47.9. The fraction of sp³-hybridized carbons (Fsp3) is 0.803. The first-order chi connectivity index (χ1) is 35.5. The summed E-state index contributed by atoms with van der Waals surface area (Å²) in [6.07, 6.45) is 76.5. The van der Waals surface area contributed by atoms with Crippen LogP contribution in [0.15, 0.2) is 60.8 Å². The molecule has 0 N–H and O–H groups in total. The van der Waals surface area contributed by atoms with Gasteiger partial charge in [-0.15, -0.1) is 0 Å². The van der Waals surface area contributed by atoms with Crippen LogP contribution in [-0.4, -0.2) is 37.2 Å². The Morgan fingerprint density at radius 2 is 0.514 bits per heavy atom. The molecule has 0 fully saturated rings. The summed E-state index contributed by atoms with van der Waals surface area (Å²) in [7, 11) is 0. The van der Waals surface area contributed by atoms with E-state index < -0.39 is 6.10 Å². The summed E-state index contributed by atoms with van der Waals surface area (Å²) < 4.78 is 16.9. The molecule has 6 nitrogen and oxygen atoms in total. The zero-order valence-corrected chi connectivity index (χ0v) is 47.9. The molecule has 6 heteroatoms. The summed E-state index contributed by atoms with van der Waals surface area (Å²) in [6, 6.07) is 0. The van der Waals surface area contributed by atoms with Crippen LogP contribution in [0.3, 0.4) is 0 Å². The van der Waals surface area contributed by atoms with Crippen LogP contribution in [0.1, 0.15) is 323 Å². The first-order valence-electron chi connectivity index (χ1n) is 31.3. The van der Waals surface area contributed by atoms with Gasteiger partial charge in [0, 0.05) is 19.3 Å². The number of unbranched alkanes of at least 4 members (excludes halogenated alkanes) is 36. The van der Waals surface area contributed by atoms with Crippen molar-refractivity contribution in [2.45, 2.75) is 329 Å². The van der Waals surface area contributed by atoms with Crippen molar-refractivity contribution in [2.75, 3.05) is 13.2 Å². The van der Waals surface area contributed by atoms with Crippen molar-refractivity contribution in [1.29, 1.82) is 0 Å². The van der Waals surface area contributed by atoms with Crippen LogP contribution >= 0.6 is 0 Å². The van der Waals surface area contributed by atoms with E-state index in [0.29, 0.717) is 19.3 Å². The highest BCUT2D eigenvalue weighted by molar-refractivity contribution is 5.71. The predicted molar refractivity (Wildman–Crippen MR) is 312 cm³/mol. The lowest BCUT2D eigenvalue weighted by Crippen LogP contribution is -2.30. The maximum absolute atomic E-state index is 12.9. The van der Waals surface area contributed by atoms with Gasteiger partial charge in [0.1, 0.15) is 13.2 Å². The van der Waals surface area contributed by atoms with Gasteiger partial charge in [0.05, 0.1) is 0 Å². The molecule has 0 amide bonds. The van der Waals surface area contributed by atoms with E-state index in [-0.39, 0.29) is 31.1 Å². The second kappa shape index (κ2) is 60.7. The van der Waals surface area contributed by atoms with Gasteiger partial charge in [-0.1, -0.05) is 281 Å². The molecule has 0 bridgehead atoms. The van der Waals surface area contributed by atoms with E-state index in [1.807, 2.05) is 0 Å². The molecule has 0 heterocycles. The number of carbonyl (C=O) groups excluding carboxylic acids is 3. The quantitative estimate of drug-likeness (QED) is 0.0261. The molecule has 1 atom stereocenters. The van der Waals surface area contributed by atoms with Gasteiger partial charge >= 0.3 is 17.9 Å². The summed E-state index contributed by atoms with van der Waals surface area (Å²) >= 11 is 0. The molecule has 1 unspecified atom stereocenters. The number of esters is 3. The van der Waals surface area contributed by atoms with Gasteiger partial charge in [-0.25, -0.2) is 0 Å². The Bertz CT molecular complexity index is 1290. The summed E-state index contributed by atoms with van der Waals surface area (Å²) in [5, 5.41) is 0. The van der Waals surface area contributed by atoms with E-state index in [1.165, 1.54) is 186 Å². The lowest BCUT2D eigenvalue weighted by atomic mass is 10.0. The summed E-state index contributed by atoms with van der Waals surface area (Å²) in [4.78, 5) is 38.2. The molecule has 0 aliphatic rings. The standard InChI is InChI=1S/C66H118O6/c1-4-7-10-13-16-19-22-25-27-28-29-30-31-32-33-34-35-36-37-38-39-42-44-47-50-53-56-59-65(68)71-62-63(61-70-64(67)58-55-52-49-46-43-40-24-21-18-15-12-9-6-3)72-66(69)60-57-54-51-48-45-41-26-23-20-17-14-11-8-5-2/h14,17,22-23,25-26,28-29,31-32,63H,4-13,15-16,18-21,24,27,30,33-62H2,1-3H3/b17-14-,25-22-,26-23-,29-28-,32-31-. The first kappa shape index (κ1) is 69.1. The molecular formula is C66H118O6. The lowest BCUT2D eigenvalue weighted by Gasteiger charge is -2.18. The van der Waals surface area contributed by atoms with E-state index in [1.54, 1.807) is 0 Å². The number of allylic oxidation sites excluding steroid dienone is 10. The Labute approximate surface area is 447 Å². The summed E-state index contributed by atoms with van der Waals surface area (Å²) in [5.41, 5.74) is 0. The van der Waals surface area contributed by atoms with Crippen LogP contribution < -0.4 is 0 Å². The van der Waals surface area contributed by atoms with Crippen molar-refractivity contribution in [2.24, 2.45) is 0 Å². The van der Waals surface area contributed by atoms with Crippen molar-refractivity contribution in [3.8, 4) is 0 Å². The molecule has 418 valence electrons. The molecule has 0 rings (SSSR count). The predicted octanol–water partition coefficient (Wildman–Crippen LogP) is 21.2. The Hall–Kier alpha value is -2.89. The minimum absolute atomic E-state index is 0.0771. The fourth-order valence-corrected chi connectivity index (χ4v) is 9.00. The van der Waals surface area contributed by atoms with Crippen molar-refractivity contribution in [3.63, 3.8) is 0 Å². The summed E-state index contributed by atoms with van der Waals surface area (Å²) in [5.74, 6) is -0.879. The minimum atomic E-state index is -0.780. The SMILES string of the molecule is CCCC/C=C\C/C=C\CCCCCCCC(=O)OC(COC(=O)CCCCCCCCCCCCCCC)COC(=O)CCCCCCCCCCCCCC/C=C\C/C=C\C/C=C\CCCCCCC. The van der Waals surface area contributed by atoms with Crippen LogP contribution in [-0.2, 0) is 28.6 Å². The van der Waals surface area contributed by atoms with Gasteiger partial charge in [-0.2, -0.15) is 0 Å². The number of hydrogen-bond acceptors (Lipinski definition) is 6. The number of hydrogen-bond donors (Lipinski definition) is 0. The Morgan fingerprint density at radius 3 is 0.819 bits per heavy atom. The van der Waals surface area contributed by atoms with Gasteiger partial charge in [-0.3, -0.25) is 14.4 Å². The van der Waals surface area contributed by atoms with Crippen molar-refractivity contribution in [1.82, 2.24) is 0 Å². The monoisotopic (exact) mass is 1010 g/mol.